The second-order valence-corrected chi connectivity index (χ2v) is 8.51. The number of carbonyl (C=O) groups excluding carboxylic acids is 2. The predicted molar refractivity (Wildman–Crippen MR) is 90.9 cm³/mol. The van der Waals surface area contributed by atoms with Crippen molar-refractivity contribution in [1.29, 1.82) is 0 Å². The van der Waals surface area contributed by atoms with Crippen molar-refractivity contribution < 1.29 is 9.59 Å². The van der Waals surface area contributed by atoms with Crippen molar-refractivity contribution in [2.75, 3.05) is 0 Å². The summed E-state index contributed by atoms with van der Waals surface area (Å²) < 4.78 is 0. The molecule has 0 saturated heterocycles. The van der Waals surface area contributed by atoms with Crippen molar-refractivity contribution in [2.45, 2.75) is 65.2 Å². The smallest absolute Gasteiger partial charge is 0.178 e. The van der Waals surface area contributed by atoms with Gasteiger partial charge in [0.15, 0.2) is 5.78 Å². The summed E-state index contributed by atoms with van der Waals surface area (Å²) in [6.07, 6.45) is 14.4. The maximum atomic E-state index is 12.7. The van der Waals surface area contributed by atoms with E-state index in [1.165, 1.54) is 12.0 Å². The maximum Gasteiger partial charge on any atom is 0.178 e. The van der Waals surface area contributed by atoms with Crippen molar-refractivity contribution in [3.05, 3.63) is 23.8 Å². The summed E-state index contributed by atoms with van der Waals surface area (Å²) in [5.74, 6) is 2.60. The molecule has 2 heteroatoms. The number of hydrogen-bond donors (Lipinski definition) is 0. The van der Waals surface area contributed by atoms with Gasteiger partial charge in [0.25, 0.3) is 0 Å². The maximum absolute atomic E-state index is 12.7. The molecule has 0 aromatic rings. The van der Waals surface area contributed by atoms with Gasteiger partial charge in [0.2, 0.25) is 0 Å². The third-order valence-electron chi connectivity index (χ3n) is 7.70. The van der Waals surface area contributed by atoms with E-state index in [4.69, 9.17) is 0 Å². The molecule has 0 amide bonds. The largest absolute Gasteiger partial charge is 0.299 e. The van der Waals surface area contributed by atoms with Gasteiger partial charge in [0.1, 0.15) is 5.78 Å². The molecule has 3 fully saturated rings. The van der Waals surface area contributed by atoms with Gasteiger partial charge in [0, 0.05) is 17.3 Å². The Balaban J connectivity index is 1.70. The van der Waals surface area contributed by atoms with Crippen LogP contribution in [0.3, 0.4) is 0 Å². The van der Waals surface area contributed by atoms with Crippen molar-refractivity contribution in [3.63, 3.8) is 0 Å². The van der Waals surface area contributed by atoms with E-state index in [0.29, 0.717) is 23.5 Å². The van der Waals surface area contributed by atoms with Crippen LogP contribution in [0.25, 0.3) is 0 Å². The number of rotatable bonds is 2. The van der Waals surface area contributed by atoms with Crippen LogP contribution in [0.4, 0.5) is 0 Å². The Kier molecular flexibility index (Phi) is 3.44. The van der Waals surface area contributed by atoms with Gasteiger partial charge in [-0.1, -0.05) is 31.9 Å². The van der Waals surface area contributed by atoms with Gasteiger partial charge in [-0.05, 0) is 68.4 Å². The molecule has 0 aliphatic heterocycles. The lowest BCUT2D eigenvalue weighted by molar-refractivity contribution is -0.134. The minimum Gasteiger partial charge on any atom is -0.299 e. The van der Waals surface area contributed by atoms with Crippen LogP contribution in [-0.2, 0) is 9.59 Å². The molecule has 0 aromatic carbocycles. The standard InChI is InChI=1S/C21H28O2/c1-3-10-21-12-9-17-16(18(21)6-7-19(21)23)5-4-14-13-15(22)8-11-20(14,17)2/h8,11,13,16-18H,3-7,9-10,12H2,1-2H3/t16-,17+,18+,20+,21+/m1/s1. The number of Topliss-reactive ketones (excluding diaryl/α,β-unsaturated/α-hetero) is 1. The Morgan fingerprint density at radius 1 is 1.13 bits per heavy atom. The summed E-state index contributed by atoms with van der Waals surface area (Å²) >= 11 is 0. The highest BCUT2D eigenvalue weighted by Gasteiger charge is 2.59. The number of fused-ring (bicyclic) bond motifs is 5. The van der Waals surface area contributed by atoms with Gasteiger partial charge < -0.3 is 0 Å². The molecule has 0 unspecified atom stereocenters. The van der Waals surface area contributed by atoms with E-state index in [2.05, 4.69) is 19.9 Å². The molecule has 3 saturated carbocycles. The molecule has 0 N–H and O–H groups in total. The van der Waals surface area contributed by atoms with Crippen LogP contribution in [0, 0.1) is 28.6 Å². The highest BCUT2D eigenvalue weighted by molar-refractivity contribution is 6.01. The van der Waals surface area contributed by atoms with Crippen molar-refractivity contribution >= 4 is 11.6 Å². The average molecular weight is 312 g/mol. The van der Waals surface area contributed by atoms with Crippen molar-refractivity contribution in [1.82, 2.24) is 0 Å². The molecule has 0 bridgehead atoms. The molecular formula is C21H28O2. The third-order valence-corrected chi connectivity index (χ3v) is 7.70. The summed E-state index contributed by atoms with van der Waals surface area (Å²) in [5, 5.41) is 0. The van der Waals surface area contributed by atoms with Crippen molar-refractivity contribution in [3.8, 4) is 0 Å². The first kappa shape index (κ1) is 15.4. The van der Waals surface area contributed by atoms with E-state index in [0.717, 1.165) is 44.9 Å². The zero-order valence-corrected chi connectivity index (χ0v) is 14.4. The molecule has 5 atom stereocenters. The van der Waals surface area contributed by atoms with E-state index in [1.54, 1.807) is 6.08 Å². The lowest BCUT2D eigenvalue weighted by Gasteiger charge is -2.56. The Bertz CT molecular complexity index is 613. The molecule has 0 heterocycles. The number of carbonyl (C=O) groups is 2. The topological polar surface area (TPSA) is 34.1 Å². The molecule has 23 heavy (non-hydrogen) atoms. The fourth-order valence-electron chi connectivity index (χ4n) is 6.68. The van der Waals surface area contributed by atoms with Gasteiger partial charge in [-0.2, -0.15) is 0 Å². The second-order valence-electron chi connectivity index (χ2n) is 8.51. The molecule has 4 rings (SSSR count). The Hall–Kier alpha value is -1.18. The molecule has 4 aliphatic carbocycles. The average Bonchev–Trinajstić information content (AvgIpc) is 2.86. The van der Waals surface area contributed by atoms with Crippen molar-refractivity contribution in [2.24, 2.45) is 28.6 Å². The Morgan fingerprint density at radius 3 is 2.74 bits per heavy atom. The van der Waals surface area contributed by atoms with Gasteiger partial charge >= 0.3 is 0 Å². The van der Waals surface area contributed by atoms with Gasteiger partial charge in [0.05, 0.1) is 0 Å². The molecule has 124 valence electrons. The summed E-state index contributed by atoms with van der Waals surface area (Å²) in [6, 6.07) is 0. The van der Waals surface area contributed by atoms with Crippen LogP contribution in [0.5, 0.6) is 0 Å². The minimum atomic E-state index is 0.00168. The summed E-state index contributed by atoms with van der Waals surface area (Å²) in [5.41, 5.74) is 1.40. The van der Waals surface area contributed by atoms with E-state index >= 15 is 0 Å². The molecule has 4 aliphatic rings. The molecule has 2 nitrogen and oxygen atoms in total. The number of allylic oxidation sites excluding steroid dienone is 4. The van der Waals surface area contributed by atoms with E-state index in [-0.39, 0.29) is 16.6 Å². The summed E-state index contributed by atoms with van der Waals surface area (Å²) in [6.45, 7) is 4.56. The van der Waals surface area contributed by atoms with Gasteiger partial charge in [-0.15, -0.1) is 0 Å². The van der Waals surface area contributed by atoms with E-state index in [1.807, 2.05) is 6.08 Å². The van der Waals surface area contributed by atoms with Crippen LogP contribution in [0.2, 0.25) is 0 Å². The first-order valence-electron chi connectivity index (χ1n) is 9.49. The van der Waals surface area contributed by atoms with E-state index < -0.39 is 0 Å². The van der Waals surface area contributed by atoms with Crippen LogP contribution in [0.1, 0.15) is 65.2 Å². The fourth-order valence-corrected chi connectivity index (χ4v) is 6.68. The summed E-state index contributed by atoms with van der Waals surface area (Å²) in [4.78, 5) is 24.5. The first-order chi connectivity index (χ1) is 11.0. The molecule has 0 radical (unpaired) electrons. The molecule has 0 aromatic heterocycles. The third kappa shape index (κ3) is 1.99. The monoisotopic (exact) mass is 312 g/mol. The predicted octanol–water partition coefficient (Wildman–Crippen LogP) is 4.64. The van der Waals surface area contributed by atoms with Crippen LogP contribution in [-0.4, -0.2) is 11.6 Å². The first-order valence-corrected chi connectivity index (χ1v) is 9.49. The second kappa shape index (κ2) is 5.16. The Labute approximate surface area is 139 Å². The molecule has 0 spiro atoms. The highest BCUT2D eigenvalue weighted by atomic mass is 16.1. The zero-order valence-electron chi connectivity index (χ0n) is 14.4. The van der Waals surface area contributed by atoms with Crippen LogP contribution >= 0.6 is 0 Å². The number of ketones is 2. The van der Waals surface area contributed by atoms with E-state index in [9.17, 15) is 9.59 Å². The molecular weight excluding hydrogens is 284 g/mol. The van der Waals surface area contributed by atoms with Gasteiger partial charge in [-0.3, -0.25) is 9.59 Å². The number of hydrogen-bond acceptors (Lipinski definition) is 2. The quantitative estimate of drug-likeness (QED) is 0.744. The minimum absolute atomic E-state index is 0.00168. The normalized spacial score (nSPS) is 45.3. The summed E-state index contributed by atoms with van der Waals surface area (Å²) in [7, 11) is 0. The lowest BCUT2D eigenvalue weighted by Crippen LogP contribution is -2.50. The van der Waals surface area contributed by atoms with Gasteiger partial charge in [-0.25, -0.2) is 0 Å². The highest BCUT2D eigenvalue weighted by Crippen LogP contribution is 2.64. The lowest BCUT2D eigenvalue weighted by atomic mass is 9.47. The van der Waals surface area contributed by atoms with Crippen LogP contribution < -0.4 is 0 Å². The van der Waals surface area contributed by atoms with Crippen LogP contribution in [0.15, 0.2) is 23.8 Å². The zero-order chi connectivity index (χ0) is 16.2. The fraction of sp³-hybridized carbons (Fsp3) is 0.714. The Morgan fingerprint density at radius 2 is 1.96 bits per heavy atom. The SMILES string of the molecule is CCC[C@]12CC[C@H]3[C@@H](CCC4=CC(=O)C=C[C@@]43C)[C@@H]1CCC2=O.